The van der Waals surface area contributed by atoms with Gasteiger partial charge in [-0.05, 0) is 42.0 Å². The Morgan fingerprint density at radius 3 is 1.93 bits per heavy atom. The van der Waals surface area contributed by atoms with Crippen LogP contribution in [0.2, 0.25) is 0 Å². The molecular formula is C17H20N8O4. The number of hydrogen-bond acceptors (Lipinski definition) is 8. The number of nitrogens with zero attached hydrogens (tertiary/aromatic N) is 4. The summed E-state index contributed by atoms with van der Waals surface area (Å²) in [4.78, 5) is 10.4. The van der Waals surface area contributed by atoms with Crippen molar-refractivity contribution in [1.29, 1.82) is 0 Å². The standard InChI is InChI=1S/C17H20N8O4/c1-27-13-6-11(9-23-25-17(20)21)7-14(15(13)26)29-28-12-4-2-10(3-5-12)8-22-24-16(18)19/h2-9,26H,1H3,(H4,18,19,24)(H4,20,21,25)/b22-8+,23-9+. The van der Waals surface area contributed by atoms with Gasteiger partial charge in [0.25, 0.3) is 0 Å². The van der Waals surface area contributed by atoms with Gasteiger partial charge in [-0.25, -0.2) is 0 Å². The van der Waals surface area contributed by atoms with E-state index in [9.17, 15) is 5.11 Å². The van der Waals surface area contributed by atoms with Crippen LogP contribution in [0, 0.1) is 0 Å². The van der Waals surface area contributed by atoms with Gasteiger partial charge in [0, 0.05) is 5.56 Å². The Bertz CT molecular complexity index is 947. The van der Waals surface area contributed by atoms with Crippen LogP contribution in [0.5, 0.6) is 23.0 Å². The van der Waals surface area contributed by atoms with Gasteiger partial charge in [0.05, 0.1) is 19.5 Å². The first-order valence-electron chi connectivity index (χ1n) is 7.98. The number of methoxy groups -OCH3 is 1. The van der Waals surface area contributed by atoms with E-state index in [1.807, 2.05) is 0 Å². The largest absolute Gasteiger partial charge is 0.502 e. The summed E-state index contributed by atoms with van der Waals surface area (Å²) in [5.74, 6) is -0.0964. The second kappa shape index (κ2) is 10.0. The van der Waals surface area contributed by atoms with Gasteiger partial charge in [-0.3, -0.25) is 9.78 Å². The zero-order chi connectivity index (χ0) is 21.2. The highest BCUT2D eigenvalue weighted by molar-refractivity contribution is 5.84. The molecule has 0 fully saturated rings. The first-order chi connectivity index (χ1) is 13.9. The maximum atomic E-state index is 10.2. The Labute approximate surface area is 165 Å². The molecule has 2 aromatic carbocycles. The number of ether oxygens (including phenoxy) is 1. The summed E-state index contributed by atoms with van der Waals surface area (Å²) < 4.78 is 5.10. The molecule has 0 saturated carbocycles. The van der Waals surface area contributed by atoms with E-state index in [1.165, 1.54) is 31.7 Å². The van der Waals surface area contributed by atoms with Crippen molar-refractivity contribution in [1.82, 2.24) is 0 Å². The van der Waals surface area contributed by atoms with Crippen molar-refractivity contribution >= 4 is 24.3 Å². The second-order valence-corrected chi connectivity index (χ2v) is 5.34. The van der Waals surface area contributed by atoms with Crippen molar-refractivity contribution in [3.63, 3.8) is 0 Å². The molecule has 0 unspecified atom stereocenters. The molecule has 0 atom stereocenters. The Morgan fingerprint density at radius 2 is 1.38 bits per heavy atom. The van der Waals surface area contributed by atoms with Crippen LogP contribution in [0.1, 0.15) is 11.1 Å². The molecule has 0 spiro atoms. The van der Waals surface area contributed by atoms with Gasteiger partial charge in [-0.2, -0.15) is 10.2 Å². The van der Waals surface area contributed by atoms with Gasteiger partial charge in [0.15, 0.2) is 11.5 Å². The lowest BCUT2D eigenvalue weighted by Gasteiger charge is -2.11. The lowest BCUT2D eigenvalue weighted by atomic mass is 10.2. The molecule has 9 N–H and O–H groups in total. The van der Waals surface area contributed by atoms with Gasteiger partial charge in [-0.1, -0.05) is 0 Å². The summed E-state index contributed by atoms with van der Waals surface area (Å²) in [5.41, 5.74) is 22.0. The number of benzene rings is 2. The van der Waals surface area contributed by atoms with Gasteiger partial charge in [0.2, 0.25) is 23.4 Å². The van der Waals surface area contributed by atoms with Crippen LogP contribution in [0.3, 0.4) is 0 Å². The molecule has 12 nitrogen and oxygen atoms in total. The smallest absolute Gasteiger partial charge is 0.224 e. The first kappa shape index (κ1) is 20.8. The van der Waals surface area contributed by atoms with Gasteiger partial charge in [-0.15, -0.1) is 10.2 Å². The van der Waals surface area contributed by atoms with Crippen LogP contribution in [-0.2, 0) is 0 Å². The fourth-order valence-electron chi connectivity index (χ4n) is 1.92. The van der Waals surface area contributed by atoms with Crippen LogP contribution in [0.4, 0.5) is 0 Å². The molecule has 0 bridgehead atoms. The van der Waals surface area contributed by atoms with E-state index in [-0.39, 0.29) is 29.2 Å². The number of nitrogens with two attached hydrogens (primary N) is 4. The van der Waals surface area contributed by atoms with Gasteiger partial charge in [0.1, 0.15) is 0 Å². The minimum atomic E-state index is -0.257. The van der Waals surface area contributed by atoms with E-state index in [0.29, 0.717) is 11.3 Å². The molecule has 2 aromatic rings. The van der Waals surface area contributed by atoms with E-state index in [0.717, 1.165) is 5.56 Å². The summed E-state index contributed by atoms with van der Waals surface area (Å²) in [6, 6.07) is 9.61. The van der Waals surface area contributed by atoms with Crippen molar-refractivity contribution in [2.75, 3.05) is 7.11 Å². The van der Waals surface area contributed by atoms with Crippen LogP contribution < -0.4 is 37.4 Å². The zero-order valence-corrected chi connectivity index (χ0v) is 15.4. The van der Waals surface area contributed by atoms with Crippen LogP contribution >= 0.6 is 0 Å². The minimum absolute atomic E-state index is 0.00565. The molecular weight excluding hydrogens is 380 g/mol. The average molecular weight is 400 g/mol. The maximum Gasteiger partial charge on any atom is 0.224 e. The first-order valence-corrected chi connectivity index (χ1v) is 7.98. The molecule has 0 aliphatic carbocycles. The molecule has 0 aromatic heterocycles. The van der Waals surface area contributed by atoms with Gasteiger partial charge < -0.3 is 32.8 Å². The Morgan fingerprint density at radius 1 is 0.828 bits per heavy atom. The summed E-state index contributed by atoms with van der Waals surface area (Å²) in [6.45, 7) is 0. The fourth-order valence-corrected chi connectivity index (χ4v) is 1.92. The SMILES string of the molecule is COc1cc(/C=N/N=C(N)N)cc(OOc2ccc(/C=N/N=C(N)N)cc2)c1O. The molecule has 0 heterocycles. The van der Waals surface area contributed by atoms with E-state index in [2.05, 4.69) is 20.4 Å². The molecule has 0 aliphatic heterocycles. The molecule has 0 saturated heterocycles. The zero-order valence-electron chi connectivity index (χ0n) is 15.4. The predicted octanol–water partition coefficient (Wildman–Crippen LogP) is -0.0118. The van der Waals surface area contributed by atoms with E-state index in [4.69, 9.17) is 37.4 Å². The van der Waals surface area contributed by atoms with Crippen molar-refractivity contribution in [2.24, 2.45) is 43.3 Å². The molecule has 2 rings (SSSR count). The summed E-state index contributed by atoms with van der Waals surface area (Å²) in [7, 11) is 1.39. The molecule has 0 aliphatic rings. The lowest BCUT2D eigenvalue weighted by Crippen LogP contribution is -2.21. The third-order valence-corrected chi connectivity index (χ3v) is 3.15. The van der Waals surface area contributed by atoms with Crippen molar-refractivity contribution in [2.45, 2.75) is 0 Å². The quantitative estimate of drug-likeness (QED) is 0.176. The Kier molecular flexibility index (Phi) is 7.19. The fraction of sp³-hybridized carbons (Fsp3) is 0.0588. The van der Waals surface area contributed by atoms with Crippen molar-refractivity contribution < 1.29 is 19.6 Å². The number of phenolic OH excluding ortho intramolecular Hbond substituents is 1. The summed E-state index contributed by atoms with van der Waals surface area (Å²) >= 11 is 0. The molecule has 29 heavy (non-hydrogen) atoms. The molecule has 0 radical (unpaired) electrons. The van der Waals surface area contributed by atoms with Gasteiger partial charge >= 0.3 is 0 Å². The third-order valence-electron chi connectivity index (χ3n) is 3.15. The van der Waals surface area contributed by atoms with Crippen LogP contribution in [0.15, 0.2) is 56.8 Å². The summed E-state index contributed by atoms with van der Waals surface area (Å²) in [6.07, 6.45) is 2.81. The normalized spacial score (nSPS) is 10.7. The van der Waals surface area contributed by atoms with Crippen LogP contribution in [0.25, 0.3) is 0 Å². The topological polar surface area (TPSA) is 201 Å². The van der Waals surface area contributed by atoms with Crippen LogP contribution in [-0.4, -0.2) is 36.6 Å². The number of phenols is 1. The monoisotopic (exact) mass is 400 g/mol. The molecule has 0 amide bonds. The molecule has 152 valence electrons. The lowest BCUT2D eigenvalue weighted by molar-refractivity contribution is -0.102. The van der Waals surface area contributed by atoms with Crippen molar-refractivity contribution in [3.05, 3.63) is 47.5 Å². The highest BCUT2D eigenvalue weighted by Gasteiger charge is 2.13. The average Bonchev–Trinajstić information content (AvgIpc) is 2.68. The highest BCUT2D eigenvalue weighted by atomic mass is 17.2. The third kappa shape index (κ3) is 6.63. The van der Waals surface area contributed by atoms with E-state index >= 15 is 0 Å². The Hall–Kier alpha value is -4.48. The van der Waals surface area contributed by atoms with E-state index < -0.39 is 0 Å². The Balaban J connectivity index is 2.13. The number of aromatic hydroxyl groups is 1. The number of guanidine groups is 2. The van der Waals surface area contributed by atoms with E-state index in [1.54, 1.807) is 24.3 Å². The number of rotatable bonds is 8. The molecule has 12 heteroatoms. The number of hydrogen-bond donors (Lipinski definition) is 5. The minimum Gasteiger partial charge on any atom is -0.502 e. The summed E-state index contributed by atoms with van der Waals surface area (Å²) in [5, 5.41) is 24.6. The van der Waals surface area contributed by atoms with Crippen molar-refractivity contribution in [3.8, 4) is 23.0 Å². The highest BCUT2D eigenvalue weighted by Crippen LogP contribution is 2.37. The maximum absolute atomic E-state index is 10.2. The second-order valence-electron chi connectivity index (χ2n) is 5.34. The predicted molar refractivity (Wildman–Crippen MR) is 109 cm³/mol.